The molecule has 0 aromatic carbocycles. The van der Waals surface area contributed by atoms with Gasteiger partial charge in [-0.2, -0.15) is 0 Å². The lowest BCUT2D eigenvalue weighted by molar-refractivity contribution is -0.166. The van der Waals surface area contributed by atoms with Crippen LogP contribution in [0.5, 0.6) is 0 Å². The first kappa shape index (κ1) is 74.8. The van der Waals surface area contributed by atoms with Crippen molar-refractivity contribution in [3.8, 4) is 0 Å². The van der Waals surface area contributed by atoms with Crippen molar-refractivity contribution in [2.75, 3.05) is 13.2 Å². The van der Waals surface area contributed by atoms with Crippen molar-refractivity contribution in [3.05, 3.63) is 170 Å². The van der Waals surface area contributed by atoms with Crippen LogP contribution < -0.4 is 0 Å². The van der Waals surface area contributed by atoms with Crippen LogP contribution in [0.1, 0.15) is 258 Å². The highest BCUT2D eigenvalue weighted by Gasteiger charge is 2.19. The normalized spacial score (nSPS) is 13.3. The summed E-state index contributed by atoms with van der Waals surface area (Å²) in [6.07, 6.45) is 98.1. The number of unbranched alkanes of at least 4 members (excludes halogenated alkanes) is 18. The van der Waals surface area contributed by atoms with E-state index in [1.54, 1.807) is 6.08 Å². The minimum absolute atomic E-state index is 0.115. The predicted molar refractivity (Wildman–Crippen MR) is 348 cm³/mol. The number of hydrogen-bond donors (Lipinski definition) is 0. The number of carbonyl (C=O) groups is 3. The summed E-state index contributed by atoms with van der Waals surface area (Å²) in [6.45, 7) is 6.29. The molecule has 0 aliphatic rings. The van der Waals surface area contributed by atoms with Gasteiger partial charge in [-0.3, -0.25) is 14.4 Å². The van der Waals surface area contributed by atoms with Crippen LogP contribution in [0.4, 0.5) is 0 Å². The smallest absolute Gasteiger partial charge is 0.309 e. The van der Waals surface area contributed by atoms with Crippen LogP contribution in [0.25, 0.3) is 0 Å². The average Bonchev–Trinajstić information content (AvgIpc) is 3.46. The van der Waals surface area contributed by atoms with Gasteiger partial charge >= 0.3 is 17.9 Å². The van der Waals surface area contributed by atoms with Crippen LogP contribution >= 0.6 is 0 Å². The first-order valence-corrected chi connectivity index (χ1v) is 32.1. The average molecular weight is 1100 g/mol. The van der Waals surface area contributed by atoms with Crippen molar-refractivity contribution in [1.29, 1.82) is 0 Å². The summed E-state index contributed by atoms with van der Waals surface area (Å²) in [5.74, 6) is -1.09. The van der Waals surface area contributed by atoms with Crippen LogP contribution in [-0.2, 0) is 28.6 Å². The van der Waals surface area contributed by atoms with E-state index in [2.05, 4.69) is 179 Å². The van der Waals surface area contributed by atoms with Gasteiger partial charge in [0.25, 0.3) is 0 Å². The Labute approximate surface area is 492 Å². The van der Waals surface area contributed by atoms with Crippen LogP contribution in [0.3, 0.4) is 0 Å². The summed E-state index contributed by atoms with van der Waals surface area (Å²) in [7, 11) is 0. The second-order valence-corrected chi connectivity index (χ2v) is 20.6. The molecule has 0 spiro atoms. The monoisotopic (exact) mass is 1100 g/mol. The summed E-state index contributed by atoms with van der Waals surface area (Å²) >= 11 is 0. The van der Waals surface area contributed by atoms with E-state index >= 15 is 0 Å². The predicted octanol–water partition coefficient (Wildman–Crippen LogP) is 22.3. The number of carbonyl (C=O) groups excluding carboxylic acids is 3. The minimum atomic E-state index is -0.838. The van der Waals surface area contributed by atoms with Crippen LogP contribution in [-0.4, -0.2) is 37.2 Å². The van der Waals surface area contributed by atoms with E-state index in [1.165, 1.54) is 70.6 Å². The fourth-order valence-corrected chi connectivity index (χ4v) is 8.23. The highest BCUT2D eigenvalue weighted by molar-refractivity contribution is 5.72. The van der Waals surface area contributed by atoms with Crippen molar-refractivity contribution in [2.45, 2.75) is 264 Å². The van der Waals surface area contributed by atoms with Crippen molar-refractivity contribution >= 4 is 17.9 Å². The third-order valence-corrected chi connectivity index (χ3v) is 13.0. The Balaban J connectivity index is 4.44. The third-order valence-electron chi connectivity index (χ3n) is 13.0. The van der Waals surface area contributed by atoms with E-state index in [-0.39, 0.29) is 38.0 Å². The minimum Gasteiger partial charge on any atom is -0.462 e. The van der Waals surface area contributed by atoms with Crippen LogP contribution in [0.15, 0.2) is 170 Å². The molecule has 0 fully saturated rings. The molecule has 6 nitrogen and oxygen atoms in total. The highest BCUT2D eigenvalue weighted by Crippen LogP contribution is 2.14. The standard InChI is InChI=1S/C74H116O6/c1-4-7-10-13-16-19-22-25-28-30-31-32-33-34-35-36-37-38-39-40-41-42-43-44-47-49-52-55-58-61-64-67-73(76)79-70-71(69-78-72(75)66-63-60-57-54-51-48-45-27-24-21-18-15-12-9-6-3)80-74(77)68-65-62-59-56-53-50-46-29-26-23-20-17-14-11-8-5-2/h7,9-10,12,16,18-19,21,25,27-29,31-32,34-35,37-38,40-41,43-46,51,54,60,63,71H,4-6,8,11,13-15,17,20,22-24,26,30,33,36,39,42,47-50,52-53,55-59,61-62,64-70H2,1-3H3/b10-7-,12-9-,19-16-,21-18-,28-25-,32-31-,35-34-,38-37-,41-40-,44-43-,45-27-,46-29-,54-51-,63-60-. The summed E-state index contributed by atoms with van der Waals surface area (Å²) in [6, 6.07) is 0. The van der Waals surface area contributed by atoms with Gasteiger partial charge in [0, 0.05) is 12.8 Å². The number of allylic oxidation sites excluding steroid dienone is 27. The second kappa shape index (κ2) is 66.3. The molecule has 0 bridgehead atoms. The molecule has 0 amide bonds. The SMILES string of the molecule is CC/C=C\C/C=C\C/C=C\C/C=C\C/C=C\C/C=C\C/C=C\C/C=C\CCCCCCCCC(=O)OCC(COC(=O)C/C=C\C/C=C\C/C=C\C/C=C\C/C=C\CC)OC(=O)CCCCCCC/C=C\CCCCCCCCC. The van der Waals surface area contributed by atoms with Crippen molar-refractivity contribution < 1.29 is 28.6 Å². The van der Waals surface area contributed by atoms with Gasteiger partial charge in [0.2, 0.25) is 0 Å². The number of rotatable bonds is 56. The third kappa shape index (κ3) is 63.6. The molecule has 1 atom stereocenters. The Morgan fingerprint density at radius 2 is 0.537 bits per heavy atom. The molecule has 1 unspecified atom stereocenters. The highest BCUT2D eigenvalue weighted by atomic mass is 16.6. The largest absolute Gasteiger partial charge is 0.462 e. The molecule has 0 heterocycles. The Kier molecular flexibility index (Phi) is 61.9. The van der Waals surface area contributed by atoms with Crippen molar-refractivity contribution in [2.24, 2.45) is 0 Å². The zero-order valence-corrected chi connectivity index (χ0v) is 51.3. The van der Waals surface area contributed by atoms with E-state index in [9.17, 15) is 14.4 Å². The van der Waals surface area contributed by atoms with Gasteiger partial charge in [-0.15, -0.1) is 0 Å². The molecule has 0 N–H and O–H groups in total. The molecule has 80 heavy (non-hydrogen) atoms. The molecule has 0 aliphatic heterocycles. The van der Waals surface area contributed by atoms with E-state index in [0.29, 0.717) is 6.42 Å². The Hall–Kier alpha value is -5.23. The fourth-order valence-electron chi connectivity index (χ4n) is 8.23. The molecule has 0 rings (SSSR count). The Morgan fingerprint density at radius 1 is 0.275 bits per heavy atom. The Bertz CT molecular complexity index is 1840. The van der Waals surface area contributed by atoms with Crippen LogP contribution in [0.2, 0.25) is 0 Å². The van der Waals surface area contributed by atoms with E-state index < -0.39 is 12.1 Å². The quantitative estimate of drug-likeness (QED) is 0.0261. The number of esters is 3. The van der Waals surface area contributed by atoms with Gasteiger partial charge in [0.1, 0.15) is 13.2 Å². The van der Waals surface area contributed by atoms with Gasteiger partial charge < -0.3 is 14.2 Å². The van der Waals surface area contributed by atoms with Crippen molar-refractivity contribution in [3.63, 3.8) is 0 Å². The summed E-state index contributed by atoms with van der Waals surface area (Å²) in [5, 5.41) is 0. The lowest BCUT2D eigenvalue weighted by Gasteiger charge is -2.18. The number of ether oxygens (including phenoxy) is 3. The summed E-state index contributed by atoms with van der Waals surface area (Å²) in [4.78, 5) is 38.2. The van der Waals surface area contributed by atoms with Gasteiger partial charge in [-0.05, 0) is 135 Å². The summed E-state index contributed by atoms with van der Waals surface area (Å²) in [5.41, 5.74) is 0. The zero-order valence-electron chi connectivity index (χ0n) is 51.3. The maximum Gasteiger partial charge on any atom is 0.309 e. The molecule has 0 aliphatic carbocycles. The van der Waals surface area contributed by atoms with Crippen molar-refractivity contribution in [1.82, 2.24) is 0 Å². The van der Waals surface area contributed by atoms with Crippen LogP contribution in [0, 0.1) is 0 Å². The van der Waals surface area contributed by atoms with E-state index in [0.717, 1.165) is 148 Å². The fraction of sp³-hybridized carbons (Fsp3) is 0.581. The lowest BCUT2D eigenvalue weighted by Crippen LogP contribution is -2.30. The van der Waals surface area contributed by atoms with Gasteiger partial charge in [-0.1, -0.05) is 274 Å². The maximum atomic E-state index is 12.9. The lowest BCUT2D eigenvalue weighted by atomic mass is 10.1. The number of hydrogen-bond acceptors (Lipinski definition) is 6. The van der Waals surface area contributed by atoms with E-state index in [1.807, 2.05) is 6.08 Å². The zero-order chi connectivity index (χ0) is 57.8. The van der Waals surface area contributed by atoms with Gasteiger partial charge in [0.05, 0.1) is 6.42 Å². The molecule has 6 heteroatoms. The van der Waals surface area contributed by atoms with Gasteiger partial charge in [-0.25, -0.2) is 0 Å². The molecular formula is C74H116O6. The van der Waals surface area contributed by atoms with E-state index in [4.69, 9.17) is 14.2 Å². The molecule has 0 aromatic heterocycles. The Morgan fingerprint density at radius 3 is 0.887 bits per heavy atom. The molecule has 0 saturated carbocycles. The first-order valence-electron chi connectivity index (χ1n) is 32.1. The second-order valence-electron chi connectivity index (χ2n) is 20.6. The summed E-state index contributed by atoms with van der Waals surface area (Å²) < 4.78 is 16.8. The molecule has 0 saturated heterocycles. The molecule has 0 radical (unpaired) electrons. The molecular weight excluding hydrogens is 985 g/mol. The first-order chi connectivity index (χ1) is 39.5. The topological polar surface area (TPSA) is 78.9 Å². The molecule has 0 aromatic rings. The van der Waals surface area contributed by atoms with Gasteiger partial charge in [0.15, 0.2) is 6.10 Å². The molecule has 448 valence electrons. The maximum absolute atomic E-state index is 12.9.